The molecule has 0 aliphatic rings. The van der Waals surface area contributed by atoms with Crippen molar-refractivity contribution < 1.29 is 0 Å². The monoisotopic (exact) mass is 269 g/mol. The Morgan fingerprint density at radius 1 is 1.20 bits per heavy atom. The molecule has 0 spiro atoms. The highest BCUT2D eigenvalue weighted by Gasteiger charge is 2.12. The van der Waals surface area contributed by atoms with Gasteiger partial charge in [-0.2, -0.15) is 5.26 Å². The average Bonchev–Trinajstić information content (AvgIpc) is 2.73. The van der Waals surface area contributed by atoms with Crippen molar-refractivity contribution in [3.05, 3.63) is 29.6 Å². The molecular formula is C17H23N3. The standard InChI is InChI=1S/C17H23N3/c1-12(2)5-8-17-19-15-9-14(10-18)6-7-16(15)20(17)11-13(3)4/h6-7,9,12-13H,5,8,11H2,1-4H3. The molecule has 20 heavy (non-hydrogen) atoms. The van der Waals surface area contributed by atoms with E-state index in [1.54, 1.807) is 0 Å². The Balaban J connectivity index is 2.45. The Morgan fingerprint density at radius 2 is 1.95 bits per heavy atom. The predicted molar refractivity (Wildman–Crippen MR) is 82.4 cm³/mol. The highest BCUT2D eigenvalue weighted by molar-refractivity contribution is 5.77. The van der Waals surface area contributed by atoms with Gasteiger partial charge in [0.05, 0.1) is 22.7 Å². The van der Waals surface area contributed by atoms with Crippen molar-refractivity contribution in [2.24, 2.45) is 11.8 Å². The number of nitrogens with zero attached hydrogens (tertiary/aromatic N) is 3. The molecule has 3 heteroatoms. The van der Waals surface area contributed by atoms with E-state index in [1.807, 2.05) is 18.2 Å². The number of aromatic nitrogens is 2. The highest BCUT2D eigenvalue weighted by Crippen LogP contribution is 2.21. The maximum absolute atomic E-state index is 9.01. The van der Waals surface area contributed by atoms with Gasteiger partial charge >= 0.3 is 0 Å². The first-order chi connectivity index (χ1) is 9.51. The van der Waals surface area contributed by atoms with Crippen molar-refractivity contribution in [2.45, 2.75) is 47.1 Å². The van der Waals surface area contributed by atoms with Gasteiger partial charge < -0.3 is 4.57 Å². The summed E-state index contributed by atoms with van der Waals surface area (Å²) in [5.74, 6) is 2.41. The van der Waals surface area contributed by atoms with Crippen LogP contribution in [0.5, 0.6) is 0 Å². The van der Waals surface area contributed by atoms with Crippen LogP contribution < -0.4 is 0 Å². The van der Waals surface area contributed by atoms with E-state index in [1.165, 1.54) is 0 Å². The predicted octanol–water partition coefficient (Wildman–Crippen LogP) is 4.15. The topological polar surface area (TPSA) is 41.6 Å². The molecule has 2 rings (SSSR count). The zero-order valence-corrected chi connectivity index (χ0v) is 12.8. The van der Waals surface area contributed by atoms with Crippen molar-refractivity contribution in [3.8, 4) is 6.07 Å². The van der Waals surface area contributed by atoms with Crippen LogP contribution in [0.25, 0.3) is 11.0 Å². The number of nitriles is 1. The van der Waals surface area contributed by atoms with Crippen LogP contribution in [0, 0.1) is 23.2 Å². The summed E-state index contributed by atoms with van der Waals surface area (Å²) in [6, 6.07) is 8.00. The molecule has 0 aliphatic heterocycles. The normalized spacial score (nSPS) is 11.4. The molecule has 106 valence electrons. The second kappa shape index (κ2) is 6.09. The van der Waals surface area contributed by atoms with E-state index in [-0.39, 0.29) is 0 Å². The number of hydrogen-bond acceptors (Lipinski definition) is 2. The SMILES string of the molecule is CC(C)CCc1nc2cc(C#N)ccc2n1CC(C)C. The maximum Gasteiger partial charge on any atom is 0.109 e. The Kier molecular flexibility index (Phi) is 4.44. The molecule has 0 aliphatic carbocycles. The van der Waals surface area contributed by atoms with E-state index in [0.717, 1.165) is 36.2 Å². The largest absolute Gasteiger partial charge is 0.328 e. The number of hydrogen-bond donors (Lipinski definition) is 0. The second-order valence-electron chi connectivity index (χ2n) is 6.28. The van der Waals surface area contributed by atoms with Crippen LogP contribution in [-0.2, 0) is 13.0 Å². The first-order valence-electron chi connectivity index (χ1n) is 7.40. The van der Waals surface area contributed by atoms with E-state index >= 15 is 0 Å². The van der Waals surface area contributed by atoms with Gasteiger partial charge in [0.1, 0.15) is 5.82 Å². The van der Waals surface area contributed by atoms with Gasteiger partial charge in [-0.05, 0) is 36.5 Å². The van der Waals surface area contributed by atoms with Crippen molar-refractivity contribution >= 4 is 11.0 Å². The van der Waals surface area contributed by atoms with Gasteiger partial charge in [-0.1, -0.05) is 27.7 Å². The molecule has 0 fully saturated rings. The number of fused-ring (bicyclic) bond motifs is 1. The zero-order chi connectivity index (χ0) is 14.7. The lowest BCUT2D eigenvalue weighted by molar-refractivity contribution is 0.499. The van der Waals surface area contributed by atoms with Gasteiger partial charge in [0.15, 0.2) is 0 Å². The molecular weight excluding hydrogens is 246 g/mol. The first-order valence-corrected chi connectivity index (χ1v) is 7.40. The van der Waals surface area contributed by atoms with Gasteiger partial charge in [0.25, 0.3) is 0 Å². The number of benzene rings is 1. The second-order valence-corrected chi connectivity index (χ2v) is 6.28. The van der Waals surface area contributed by atoms with Crippen molar-refractivity contribution in [3.63, 3.8) is 0 Å². The summed E-state index contributed by atoms with van der Waals surface area (Å²) < 4.78 is 2.32. The summed E-state index contributed by atoms with van der Waals surface area (Å²) in [5.41, 5.74) is 2.78. The maximum atomic E-state index is 9.01. The van der Waals surface area contributed by atoms with Crippen molar-refractivity contribution in [1.29, 1.82) is 5.26 Å². The summed E-state index contributed by atoms with van der Waals surface area (Å²) in [5, 5.41) is 9.01. The zero-order valence-electron chi connectivity index (χ0n) is 12.8. The summed E-state index contributed by atoms with van der Waals surface area (Å²) in [4.78, 5) is 4.76. The van der Waals surface area contributed by atoms with E-state index in [9.17, 15) is 0 Å². The van der Waals surface area contributed by atoms with E-state index in [2.05, 4.69) is 38.3 Å². The van der Waals surface area contributed by atoms with Gasteiger partial charge in [0.2, 0.25) is 0 Å². The lowest BCUT2D eigenvalue weighted by atomic mass is 10.1. The highest BCUT2D eigenvalue weighted by atomic mass is 15.1. The minimum atomic E-state index is 0.584. The first kappa shape index (κ1) is 14.6. The smallest absolute Gasteiger partial charge is 0.109 e. The lowest BCUT2D eigenvalue weighted by Gasteiger charge is -2.12. The van der Waals surface area contributed by atoms with E-state index < -0.39 is 0 Å². The Hall–Kier alpha value is -1.82. The molecule has 1 heterocycles. The van der Waals surface area contributed by atoms with E-state index in [4.69, 9.17) is 10.2 Å². The van der Waals surface area contributed by atoms with Gasteiger partial charge in [-0.15, -0.1) is 0 Å². The molecule has 0 atom stereocenters. The van der Waals surface area contributed by atoms with Crippen LogP contribution in [0.4, 0.5) is 0 Å². The van der Waals surface area contributed by atoms with Crippen LogP contribution in [0.15, 0.2) is 18.2 Å². The third-order valence-corrected chi connectivity index (χ3v) is 3.45. The Morgan fingerprint density at radius 3 is 2.55 bits per heavy atom. The molecule has 1 aromatic heterocycles. The van der Waals surface area contributed by atoms with Crippen molar-refractivity contribution in [1.82, 2.24) is 9.55 Å². The Labute approximate surface area is 121 Å². The third kappa shape index (κ3) is 3.19. The van der Waals surface area contributed by atoms with Crippen molar-refractivity contribution in [2.75, 3.05) is 0 Å². The summed E-state index contributed by atoms with van der Waals surface area (Å²) in [6.07, 6.45) is 2.15. The summed E-state index contributed by atoms with van der Waals surface area (Å²) >= 11 is 0. The minimum Gasteiger partial charge on any atom is -0.328 e. The van der Waals surface area contributed by atoms with Gasteiger partial charge in [-0.25, -0.2) is 4.98 Å². The molecule has 0 saturated heterocycles. The van der Waals surface area contributed by atoms with Crippen LogP contribution in [-0.4, -0.2) is 9.55 Å². The molecule has 0 radical (unpaired) electrons. The average molecular weight is 269 g/mol. The minimum absolute atomic E-state index is 0.584. The quantitative estimate of drug-likeness (QED) is 0.818. The number of rotatable bonds is 5. The number of aryl methyl sites for hydroxylation is 1. The molecule has 1 aromatic carbocycles. The lowest BCUT2D eigenvalue weighted by Crippen LogP contribution is -2.09. The van der Waals surface area contributed by atoms with Crippen LogP contribution in [0.1, 0.15) is 45.5 Å². The van der Waals surface area contributed by atoms with Crippen LogP contribution >= 0.6 is 0 Å². The molecule has 0 bridgehead atoms. The summed E-state index contributed by atoms with van der Waals surface area (Å²) in [6.45, 7) is 9.91. The Bertz CT molecular complexity index is 629. The molecule has 3 nitrogen and oxygen atoms in total. The number of imidazole rings is 1. The molecule has 0 unspecified atom stereocenters. The van der Waals surface area contributed by atoms with Gasteiger partial charge in [0, 0.05) is 13.0 Å². The van der Waals surface area contributed by atoms with Crippen LogP contribution in [0.2, 0.25) is 0 Å². The fraction of sp³-hybridized carbons (Fsp3) is 0.529. The molecule has 0 amide bonds. The van der Waals surface area contributed by atoms with Gasteiger partial charge in [-0.3, -0.25) is 0 Å². The fourth-order valence-corrected chi connectivity index (χ4v) is 2.43. The fourth-order valence-electron chi connectivity index (χ4n) is 2.43. The van der Waals surface area contributed by atoms with Crippen LogP contribution in [0.3, 0.4) is 0 Å². The molecule has 0 N–H and O–H groups in total. The molecule has 2 aromatic rings. The van der Waals surface area contributed by atoms with E-state index in [0.29, 0.717) is 17.4 Å². The molecule has 0 saturated carbocycles. The third-order valence-electron chi connectivity index (χ3n) is 3.45. The summed E-state index contributed by atoms with van der Waals surface area (Å²) in [7, 11) is 0.